The standard InChI is InChI=1S/C14H10Cl2N2OS/c1-8-4-10-13(20-8)17-7-18(14(10)19)6-9-2-3-11(15)12(16)5-9/h2-5,7H,6H2,1H3. The first-order chi connectivity index (χ1) is 9.54. The van der Waals surface area contributed by atoms with Crippen LogP contribution in [0.4, 0.5) is 0 Å². The highest BCUT2D eigenvalue weighted by Gasteiger charge is 2.08. The number of rotatable bonds is 2. The van der Waals surface area contributed by atoms with Gasteiger partial charge in [0.15, 0.2) is 0 Å². The van der Waals surface area contributed by atoms with E-state index < -0.39 is 0 Å². The van der Waals surface area contributed by atoms with E-state index in [-0.39, 0.29) is 5.56 Å². The van der Waals surface area contributed by atoms with Gasteiger partial charge in [-0.05, 0) is 30.7 Å². The lowest BCUT2D eigenvalue weighted by Gasteiger charge is -2.06. The van der Waals surface area contributed by atoms with Gasteiger partial charge in [0, 0.05) is 4.88 Å². The smallest absolute Gasteiger partial charge is 0.262 e. The molecule has 0 saturated heterocycles. The van der Waals surface area contributed by atoms with Gasteiger partial charge in [0.25, 0.3) is 5.56 Å². The number of thiophene rings is 1. The molecule has 0 spiro atoms. The van der Waals surface area contributed by atoms with Crippen LogP contribution < -0.4 is 5.56 Å². The SMILES string of the molecule is Cc1cc2c(=O)n(Cc3ccc(Cl)c(Cl)c3)cnc2s1. The van der Waals surface area contributed by atoms with Crippen LogP contribution in [0.5, 0.6) is 0 Å². The Kier molecular flexibility index (Phi) is 3.54. The lowest BCUT2D eigenvalue weighted by Crippen LogP contribution is -2.20. The summed E-state index contributed by atoms with van der Waals surface area (Å²) in [4.78, 5) is 18.5. The predicted octanol–water partition coefficient (Wildman–Crippen LogP) is 4.12. The fourth-order valence-corrected chi connectivity index (χ4v) is 3.19. The van der Waals surface area contributed by atoms with Crippen LogP contribution in [0.25, 0.3) is 10.2 Å². The topological polar surface area (TPSA) is 34.9 Å². The number of hydrogen-bond acceptors (Lipinski definition) is 3. The predicted molar refractivity (Wildman–Crippen MR) is 84.2 cm³/mol. The molecule has 0 aliphatic carbocycles. The van der Waals surface area contributed by atoms with Crippen LogP contribution in [-0.4, -0.2) is 9.55 Å². The summed E-state index contributed by atoms with van der Waals surface area (Å²) < 4.78 is 1.58. The Bertz CT molecular complexity index is 854. The van der Waals surface area contributed by atoms with E-state index in [4.69, 9.17) is 23.2 Å². The Morgan fingerprint density at radius 2 is 2.05 bits per heavy atom. The highest BCUT2D eigenvalue weighted by atomic mass is 35.5. The Labute approximate surface area is 129 Å². The van der Waals surface area contributed by atoms with Crippen LogP contribution in [0.3, 0.4) is 0 Å². The van der Waals surface area contributed by atoms with Gasteiger partial charge in [-0.15, -0.1) is 11.3 Å². The van der Waals surface area contributed by atoms with Crippen molar-refractivity contribution in [3.05, 3.63) is 61.4 Å². The monoisotopic (exact) mass is 324 g/mol. The van der Waals surface area contributed by atoms with E-state index in [0.717, 1.165) is 15.3 Å². The molecule has 3 nitrogen and oxygen atoms in total. The van der Waals surface area contributed by atoms with Crippen LogP contribution in [0, 0.1) is 6.92 Å². The third-order valence-corrected chi connectivity index (χ3v) is 4.68. The molecule has 1 aromatic carbocycles. The van der Waals surface area contributed by atoms with Crippen molar-refractivity contribution in [1.82, 2.24) is 9.55 Å². The lowest BCUT2D eigenvalue weighted by molar-refractivity contribution is 0.749. The summed E-state index contributed by atoms with van der Waals surface area (Å²) in [6.07, 6.45) is 1.57. The first-order valence-electron chi connectivity index (χ1n) is 5.94. The van der Waals surface area contributed by atoms with Crippen LogP contribution in [-0.2, 0) is 6.54 Å². The normalized spacial score (nSPS) is 11.2. The Morgan fingerprint density at radius 1 is 1.25 bits per heavy atom. The molecule has 2 aromatic heterocycles. The molecular weight excluding hydrogens is 315 g/mol. The van der Waals surface area contributed by atoms with Crippen LogP contribution >= 0.6 is 34.5 Å². The molecule has 0 aliphatic rings. The molecule has 0 amide bonds. The molecule has 0 fully saturated rings. The van der Waals surface area contributed by atoms with E-state index in [1.807, 2.05) is 19.1 Å². The molecule has 2 heterocycles. The average Bonchev–Trinajstić information content (AvgIpc) is 2.79. The van der Waals surface area contributed by atoms with Gasteiger partial charge >= 0.3 is 0 Å². The number of fused-ring (bicyclic) bond motifs is 1. The second-order valence-electron chi connectivity index (χ2n) is 4.50. The summed E-state index contributed by atoms with van der Waals surface area (Å²) in [5, 5.41) is 1.65. The van der Waals surface area contributed by atoms with Crippen molar-refractivity contribution < 1.29 is 0 Å². The van der Waals surface area contributed by atoms with Crippen LogP contribution in [0.15, 0.2) is 35.4 Å². The van der Waals surface area contributed by atoms with E-state index in [1.165, 1.54) is 11.3 Å². The van der Waals surface area contributed by atoms with Crippen LogP contribution in [0.2, 0.25) is 10.0 Å². The van der Waals surface area contributed by atoms with Crippen molar-refractivity contribution in [3.8, 4) is 0 Å². The van der Waals surface area contributed by atoms with E-state index >= 15 is 0 Å². The largest absolute Gasteiger partial charge is 0.294 e. The van der Waals surface area contributed by atoms with Crippen LogP contribution in [0.1, 0.15) is 10.4 Å². The summed E-state index contributed by atoms with van der Waals surface area (Å²) in [7, 11) is 0. The summed E-state index contributed by atoms with van der Waals surface area (Å²) in [6, 6.07) is 7.22. The Hall–Kier alpha value is -1.36. The molecule has 6 heteroatoms. The number of halogens is 2. The average molecular weight is 325 g/mol. The van der Waals surface area contributed by atoms with Gasteiger partial charge in [-0.25, -0.2) is 4.98 Å². The van der Waals surface area contributed by atoms with Gasteiger partial charge in [0.1, 0.15) is 4.83 Å². The third-order valence-electron chi connectivity index (χ3n) is 2.98. The maximum absolute atomic E-state index is 12.4. The fourth-order valence-electron chi connectivity index (χ4n) is 2.03. The third kappa shape index (κ3) is 2.46. The van der Waals surface area contributed by atoms with Crippen molar-refractivity contribution in [2.45, 2.75) is 13.5 Å². The minimum absolute atomic E-state index is 0.0366. The Morgan fingerprint density at radius 3 is 2.80 bits per heavy atom. The number of aromatic nitrogens is 2. The summed E-state index contributed by atoms with van der Waals surface area (Å²) >= 11 is 13.4. The highest BCUT2D eigenvalue weighted by Crippen LogP contribution is 2.23. The second-order valence-corrected chi connectivity index (χ2v) is 6.55. The quantitative estimate of drug-likeness (QED) is 0.710. The fraction of sp³-hybridized carbons (Fsp3) is 0.143. The molecule has 0 radical (unpaired) electrons. The molecular formula is C14H10Cl2N2OS. The maximum Gasteiger partial charge on any atom is 0.262 e. The summed E-state index contributed by atoms with van der Waals surface area (Å²) in [5.74, 6) is 0. The maximum atomic E-state index is 12.4. The van der Waals surface area contributed by atoms with Crippen molar-refractivity contribution in [2.75, 3.05) is 0 Å². The summed E-state index contributed by atoms with van der Waals surface area (Å²) in [5.41, 5.74) is 0.875. The summed E-state index contributed by atoms with van der Waals surface area (Å²) in [6.45, 7) is 2.39. The first kappa shape index (κ1) is 13.6. The van der Waals surface area contributed by atoms with Gasteiger partial charge in [0.05, 0.1) is 28.3 Å². The van der Waals surface area contributed by atoms with E-state index in [1.54, 1.807) is 23.0 Å². The van der Waals surface area contributed by atoms with Crippen molar-refractivity contribution in [1.29, 1.82) is 0 Å². The van der Waals surface area contributed by atoms with Crippen molar-refractivity contribution in [2.24, 2.45) is 0 Å². The van der Waals surface area contributed by atoms with E-state index in [9.17, 15) is 4.79 Å². The molecule has 0 aliphatic heterocycles. The molecule has 102 valence electrons. The van der Waals surface area contributed by atoms with Crippen molar-refractivity contribution in [3.63, 3.8) is 0 Å². The van der Waals surface area contributed by atoms with Gasteiger partial charge in [-0.2, -0.15) is 0 Å². The molecule has 0 unspecified atom stereocenters. The molecule has 0 saturated carbocycles. The zero-order chi connectivity index (χ0) is 14.3. The number of benzene rings is 1. The van der Waals surface area contributed by atoms with Gasteiger partial charge in [0.2, 0.25) is 0 Å². The van der Waals surface area contributed by atoms with Gasteiger partial charge in [-0.1, -0.05) is 29.3 Å². The van der Waals surface area contributed by atoms with E-state index in [0.29, 0.717) is 22.0 Å². The van der Waals surface area contributed by atoms with E-state index in [2.05, 4.69) is 4.98 Å². The molecule has 3 rings (SSSR count). The van der Waals surface area contributed by atoms with Gasteiger partial charge in [-0.3, -0.25) is 9.36 Å². The lowest BCUT2D eigenvalue weighted by atomic mass is 10.2. The number of hydrogen-bond donors (Lipinski definition) is 0. The Balaban J connectivity index is 2.04. The molecule has 0 N–H and O–H groups in total. The second kappa shape index (κ2) is 5.20. The zero-order valence-electron chi connectivity index (χ0n) is 10.6. The highest BCUT2D eigenvalue weighted by molar-refractivity contribution is 7.18. The number of nitrogens with zero attached hydrogens (tertiary/aromatic N) is 2. The first-order valence-corrected chi connectivity index (χ1v) is 7.51. The molecule has 0 bridgehead atoms. The molecule has 0 atom stereocenters. The number of aryl methyl sites for hydroxylation is 1. The van der Waals surface area contributed by atoms with Crippen molar-refractivity contribution >= 4 is 44.8 Å². The van der Waals surface area contributed by atoms with Gasteiger partial charge < -0.3 is 0 Å². The zero-order valence-corrected chi connectivity index (χ0v) is 12.9. The minimum Gasteiger partial charge on any atom is -0.294 e. The minimum atomic E-state index is -0.0366. The molecule has 3 aromatic rings. The molecule has 20 heavy (non-hydrogen) atoms.